The van der Waals surface area contributed by atoms with Gasteiger partial charge in [0.05, 0.1) is 0 Å². The smallest absolute Gasteiger partial charge is 0.260 e. The predicted octanol–water partition coefficient (Wildman–Crippen LogP) is -0.0606. The van der Waals surface area contributed by atoms with E-state index in [9.17, 15) is 15.4 Å². The molecule has 1 aromatic rings. The van der Waals surface area contributed by atoms with E-state index in [-0.39, 0.29) is 29.2 Å². The molecule has 0 bridgehead atoms. The van der Waals surface area contributed by atoms with Crippen LogP contribution in [0.25, 0.3) is 0 Å². The molecule has 0 saturated carbocycles. The zero-order valence-corrected chi connectivity index (χ0v) is 10.8. The lowest BCUT2D eigenvalue weighted by Gasteiger charge is -2.22. The maximum absolute atomic E-state index is 11.8. The molecule has 102 valence electrons. The van der Waals surface area contributed by atoms with Gasteiger partial charge in [0.15, 0.2) is 11.9 Å². The largest absolute Gasteiger partial charge is 0.618 e. The van der Waals surface area contributed by atoms with Crippen LogP contribution in [0.15, 0.2) is 12.1 Å². The summed E-state index contributed by atoms with van der Waals surface area (Å²) in [4.78, 5) is 0. The van der Waals surface area contributed by atoms with Gasteiger partial charge in [0, 0.05) is 18.2 Å². The van der Waals surface area contributed by atoms with Crippen LogP contribution in [0, 0.1) is 5.21 Å². The van der Waals surface area contributed by atoms with E-state index in [1.165, 1.54) is 12.1 Å². The Labute approximate surface area is 106 Å². The molecule has 0 aliphatic heterocycles. The fraction of sp³-hybridized carbons (Fsp3) is 0.583. The number of pyridine rings is 1. The zero-order valence-electron chi connectivity index (χ0n) is 10.8. The Morgan fingerprint density at radius 2 is 2.00 bits per heavy atom. The van der Waals surface area contributed by atoms with Crippen LogP contribution in [0.2, 0.25) is 0 Å². The Bertz CT molecular complexity index is 415. The topological polar surface area (TPSA) is 99.7 Å². The van der Waals surface area contributed by atoms with Crippen LogP contribution in [-0.4, -0.2) is 27.4 Å². The second kappa shape index (κ2) is 5.51. The molecule has 0 aromatic carbocycles. The molecule has 0 saturated heterocycles. The molecule has 1 aromatic heterocycles. The highest BCUT2D eigenvalue weighted by molar-refractivity contribution is 5.23. The number of nitrogens with zero attached hydrogens (tertiary/aromatic N) is 1. The fourth-order valence-corrected chi connectivity index (χ4v) is 1.49. The first-order valence-corrected chi connectivity index (χ1v) is 5.74. The standard InChI is InChI=1S/C12H20N2O4/c1-12(2,3)13-6-11(17)8-4-5-10(16)9(7-15)14(8)18/h4-5,11,13,15-17H,6-7H2,1-3H3. The van der Waals surface area contributed by atoms with Crippen LogP contribution in [-0.2, 0) is 6.61 Å². The van der Waals surface area contributed by atoms with Gasteiger partial charge >= 0.3 is 0 Å². The van der Waals surface area contributed by atoms with E-state index in [1.807, 2.05) is 20.8 Å². The van der Waals surface area contributed by atoms with Gasteiger partial charge in [-0.25, -0.2) is 0 Å². The van der Waals surface area contributed by atoms with Gasteiger partial charge in [-0.3, -0.25) is 0 Å². The maximum atomic E-state index is 11.8. The molecule has 0 aliphatic rings. The van der Waals surface area contributed by atoms with Crippen LogP contribution < -0.4 is 10.0 Å². The van der Waals surface area contributed by atoms with Gasteiger partial charge < -0.3 is 25.8 Å². The molecule has 4 N–H and O–H groups in total. The number of nitrogens with one attached hydrogen (secondary N) is 1. The number of hydrogen-bond acceptors (Lipinski definition) is 5. The van der Waals surface area contributed by atoms with E-state index in [0.29, 0.717) is 4.73 Å². The Hall–Kier alpha value is -1.37. The van der Waals surface area contributed by atoms with Crippen LogP contribution in [0.4, 0.5) is 0 Å². The SMILES string of the molecule is CC(C)(C)NCC(O)c1ccc(O)c(CO)[n+]1[O-]. The van der Waals surface area contributed by atoms with Crippen molar-refractivity contribution in [3.63, 3.8) is 0 Å². The third-order valence-corrected chi connectivity index (χ3v) is 2.50. The van der Waals surface area contributed by atoms with Gasteiger partial charge in [0.1, 0.15) is 6.61 Å². The number of hydrogen-bond donors (Lipinski definition) is 4. The summed E-state index contributed by atoms with van der Waals surface area (Å²) >= 11 is 0. The molecule has 18 heavy (non-hydrogen) atoms. The van der Waals surface area contributed by atoms with Crippen LogP contribution in [0.1, 0.15) is 38.3 Å². The van der Waals surface area contributed by atoms with Gasteiger partial charge in [-0.1, -0.05) is 0 Å². The van der Waals surface area contributed by atoms with Crippen molar-refractivity contribution in [2.45, 2.75) is 39.0 Å². The number of rotatable bonds is 4. The van der Waals surface area contributed by atoms with Gasteiger partial charge in [-0.05, 0) is 26.8 Å². The van der Waals surface area contributed by atoms with Crippen molar-refractivity contribution in [2.24, 2.45) is 0 Å². The number of aromatic hydroxyl groups is 1. The van der Waals surface area contributed by atoms with Gasteiger partial charge in [-0.15, -0.1) is 0 Å². The Balaban J connectivity index is 2.90. The molecule has 1 rings (SSSR count). The molecule has 0 aliphatic carbocycles. The van der Waals surface area contributed by atoms with Crippen LogP contribution in [0.3, 0.4) is 0 Å². The van der Waals surface area contributed by atoms with E-state index < -0.39 is 12.7 Å². The van der Waals surface area contributed by atoms with Crippen molar-refractivity contribution >= 4 is 0 Å². The lowest BCUT2D eigenvalue weighted by molar-refractivity contribution is -0.629. The maximum Gasteiger partial charge on any atom is 0.260 e. The summed E-state index contributed by atoms with van der Waals surface area (Å²) in [5, 5.41) is 43.2. The molecule has 6 nitrogen and oxygen atoms in total. The third-order valence-electron chi connectivity index (χ3n) is 2.50. The van der Waals surface area contributed by atoms with Gasteiger partial charge in [0.25, 0.3) is 5.69 Å². The first kappa shape index (κ1) is 14.7. The lowest BCUT2D eigenvalue weighted by Crippen LogP contribution is -2.43. The molecule has 0 fully saturated rings. The molecule has 0 spiro atoms. The minimum Gasteiger partial charge on any atom is -0.618 e. The third kappa shape index (κ3) is 3.56. The minimum absolute atomic E-state index is 0.0913. The summed E-state index contributed by atoms with van der Waals surface area (Å²) < 4.78 is 0.365. The van der Waals surface area contributed by atoms with E-state index in [1.54, 1.807) is 0 Å². The quantitative estimate of drug-likeness (QED) is 0.447. The molecular weight excluding hydrogens is 236 g/mol. The van der Waals surface area contributed by atoms with Crippen LogP contribution >= 0.6 is 0 Å². The highest BCUT2D eigenvalue weighted by Crippen LogP contribution is 2.17. The predicted molar refractivity (Wildman–Crippen MR) is 65.7 cm³/mol. The summed E-state index contributed by atoms with van der Waals surface area (Å²) in [6, 6.07) is 2.63. The highest BCUT2D eigenvalue weighted by atomic mass is 16.5. The lowest BCUT2D eigenvalue weighted by atomic mass is 10.1. The Kier molecular flexibility index (Phi) is 4.50. The van der Waals surface area contributed by atoms with Gasteiger partial charge in [0.2, 0.25) is 5.69 Å². The van der Waals surface area contributed by atoms with E-state index in [0.717, 1.165) is 0 Å². The van der Waals surface area contributed by atoms with E-state index in [4.69, 9.17) is 5.11 Å². The summed E-state index contributed by atoms with van der Waals surface area (Å²) in [6.45, 7) is 5.47. The monoisotopic (exact) mass is 256 g/mol. The number of aromatic nitrogens is 1. The molecule has 6 heteroatoms. The summed E-state index contributed by atoms with van der Waals surface area (Å²) in [5.74, 6) is -0.285. The molecule has 1 atom stereocenters. The zero-order chi connectivity index (χ0) is 13.9. The molecule has 0 amide bonds. The molecular formula is C12H20N2O4. The second-order valence-electron chi connectivity index (χ2n) is 5.19. The van der Waals surface area contributed by atoms with Crippen molar-refractivity contribution in [1.82, 2.24) is 5.32 Å². The van der Waals surface area contributed by atoms with Crippen molar-refractivity contribution < 1.29 is 20.0 Å². The minimum atomic E-state index is -1.01. The van der Waals surface area contributed by atoms with E-state index >= 15 is 0 Å². The molecule has 1 unspecified atom stereocenters. The number of aliphatic hydroxyl groups excluding tert-OH is 2. The summed E-state index contributed by atoms with van der Waals surface area (Å²) in [7, 11) is 0. The van der Waals surface area contributed by atoms with Gasteiger partial charge in [-0.2, -0.15) is 4.73 Å². The summed E-state index contributed by atoms with van der Waals surface area (Å²) in [5.41, 5.74) is -0.248. The average molecular weight is 256 g/mol. The Morgan fingerprint density at radius 3 is 2.50 bits per heavy atom. The normalized spacial score (nSPS) is 13.6. The molecule has 0 radical (unpaired) electrons. The molecule has 1 heterocycles. The second-order valence-corrected chi connectivity index (χ2v) is 5.19. The fourth-order valence-electron chi connectivity index (χ4n) is 1.49. The number of β-amino-alcohol motifs (C(OH)–C–C–N with tert-alkyl or cyclic N) is 1. The summed E-state index contributed by atoms with van der Waals surface area (Å²) in [6.07, 6.45) is -1.01. The van der Waals surface area contributed by atoms with Crippen LogP contribution in [0.5, 0.6) is 5.75 Å². The van der Waals surface area contributed by atoms with E-state index in [2.05, 4.69) is 5.32 Å². The van der Waals surface area contributed by atoms with Crippen molar-refractivity contribution in [1.29, 1.82) is 0 Å². The Morgan fingerprint density at radius 1 is 1.39 bits per heavy atom. The van der Waals surface area contributed by atoms with Crippen molar-refractivity contribution in [3.05, 3.63) is 28.7 Å². The van der Waals surface area contributed by atoms with Crippen molar-refractivity contribution in [2.75, 3.05) is 6.54 Å². The first-order valence-electron chi connectivity index (χ1n) is 5.74. The number of aliphatic hydroxyl groups is 2. The average Bonchev–Trinajstić information content (AvgIpc) is 2.26. The first-order chi connectivity index (χ1) is 8.26. The van der Waals surface area contributed by atoms with Crippen molar-refractivity contribution in [3.8, 4) is 5.75 Å². The highest BCUT2D eigenvalue weighted by Gasteiger charge is 2.23.